The Morgan fingerprint density at radius 2 is 0.514 bits per heavy atom. The molecule has 6 nitrogen and oxygen atoms in total. The first-order valence-corrected chi connectivity index (χ1v) is 14.7. The second kappa shape index (κ2) is 34.3. The van der Waals surface area contributed by atoms with E-state index in [2.05, 4.69) is 13.2 Å². The minimum Gasteiger partial charge on any atom is -0.478 e. The van der Waals surface area contributed by atoms with Gasteiger partial charge in [-0.1, -0.05) is 135 Å². The van der Waals surface area contributed by atoms with E-state index in [1.165, 1.54) is 136 Å². The molecule has 0 aliphatic rings. The summed E-state index contributed by atoms with van der Waals surface area (Å²) in [5.41, 5.74) is 0.352. The molecule has 0 saturated heterocycles. The SMILES string of the molecule is C=C(C)C(=O)O.C=C(C)C(=O)O.OCCCCCCCCCCCCCCCCCCCCCCCO. The fourth-order valence-electron chi connectivity index (χ4n) is 3.58. The number of aliphatic hydroxyl groups excluding tert-OH is 2. The zero-order chi connectivity index (χ0) is 28.6. The molecule has 0 fully saturated rings. The van der Waals surface area contributed by atoms with Crippen LogP contribution in [0.1, 0.15) is 149 Å². The summed E-state index contributed by atoms with van der Waals surface area (Å²) in [5.74, 6) is -1.87. The van der Waals surface area contributed by atoms with Crippen molar-refractivity contribution in [3.8, 4) is 0 Å². The predicted molar refractivity (Wildman–Crippen MR) is 156 cm³/mol. The summed E-state index contributed by atoms with van der Waals surface area (Å²) in [4.78, 5) is 19.2. The lowest BCUT2D eigenvalue weighted by molar-refractivity contribution is -0.133. The molecule has 0 rings (SSSR count). The standard InChI is InChI=1S/C23H48O2.2C4H6O2/c24-22-20-18-16-14-12-10-8-6-4-2-1-3-5-7-9-11-13-15-17-19-21-23-25;2*1-3(2)4(5)6/h24-25H,1-23H2;2*1H2,2H3,(H,5,6). The highest BCUT2D eigenvalue weighted by Crippen LogP contribution is 2.15. The summed E-state index contributed by atoms with van der Waals surface area (Å²) in [6, 6.07) is 0. The molecule has 0 aliphatic heterocycles. The minimum atomic E-state index is -0.935. The first-order valence-electron chi connectivity index (χ1n) is 14.7. The molecule has 220 valence electrons. The summed E-state index contributed by atoms with van der Waals surface area (Å²) in [6.45, 7) is 9.94. The van der Waals surface area contributed by atoms with Crippen LogP contribution in [0.5, 0.6) is 0 Å². The van der Waals surface area contributed by atoms with Crippen molar-refractivity contribution in [2.24, 2.45) is 0 Å². The highest BCUT2D eigenvalue weighted by Gasteiger charge is 1.96. The van der Waals surface area contributed by atoms with Gasteiger partial charge in [0.15, 0.2) is 0 Å². The van der Waals surface area contributed by atoms with Crippen molar-refractivity contribution < 1.29 is 30.0 Å². The van der Waals surface area contributed by atoms with Crippen LogP contribution in [0, 0.1) is 0 Å². The van der Waals surface area contributed by atoms with Crippen LogP contribution >= 0.6 is 0 Å². The van der Waals surface area contributed by atoms with E-state index in [1.54, 1.807) is 0 Å². The summed E-state index contributed by atoms with van der Waals surface area (Å²) in [6.07, 6.45) is 28.3. The third kappa shape index (κ3) is 44.7. The Balaban J connectivity index is -0.000000790. The van der Waals surface area contributed by atoms with Crippen molar-refractivity contribution in [3.63, 3.8) is 0 Å². The van der Waals surface area contributed by atoms with Gasteiger partial charge >= 0.3 is 11.9 Å². The second-order valence-electron chi connectivity index (χ2n) is 10.0. The summed E-state index contributed by atoms with van der Waals surface area (Å²) in [7, 11) is 0. The first kappa shape index (κ1) is 39.8. The van der Waals surface area contributed by atoms with Crippen LogP contribution in [0.25, 0.3) is 0 Å². The lowest BCUT2D eigenvalue weighted by Gasteiger charge is -2.04. The maximum absolute atomic E-state index is 9.60. The number of unbranched alkanes of at least 4 members (excludes halogenated alkanes) is 20. The van der Waals surface area contributed by atoms with Crippen LogP contribution in [0.3, 0.4) is 0 Å². The molecular weight excluding hydrogens is 468 g/mol. The van der Waals surface area contributed by atoms with Gasteiger partial charge in [0.05, 0.1) is 0 Å². The van der Waals surface area contributed by atoms with Gasteiger partial charge in [-0.15, -0.1) is 0 Å². The number of hydrogen-bond donors (Lipinski definition) is 4. The minimum absolute atomic E-state index is 0.176. The third-order valence-corrected chi connectivity index (χ3v) is 6.05. The molecule has 6 heteroatoms. The van der Waals surface area contributed by atoms with E-state index in [-0.39, 0.29) is 11.1 Å². The van der Waals surface area contributed by atoms with Gasteiger partial charge in [-0.2, -0.15) is 0 Å². The monoisotopic (exact) mass is 528 g/mol. The van der Waals surface area contributed by atoms with Crippen LogP contribution in [-0.4, -0.2) is 45.6 Å². The molecule has 0 saturated carbocycles. The number of aliphatic hydroxyl groups is 2. The van der Waals surface area contributed by atoms with Gasteiger partial charge in [-0.25, -0.2) is 9.59 Å². The van der Waals surface area contributed by atoms with Crippen LogP contribution < -0.4 is 0 Å². The van der Waals surface area contributed by atoms with Crippen LogP contribution in [-0.2, 0) is 9.59 Å². The molecule has 0 aromatic carbocycles. The molecule has 0 amide bonds. The molecule has 0 heterocycles. The van der Waals surface area contributed by atoms with E-state index < -0.39 is 11.9 Å². The number of aliphatic carboxylic acids is 2. The van der Waals surface area contributed by atoms with E-state index in [9.17, 15) is 9.59 Å². The number of carboxylic acid groups (broad SMARTS) is 2. The second-order valence-corrected chi connectivity index (χ2v) is 10.0. The molecule has 0 atom stereocenters. The zero-order valence-electron chi connectivity index (χ0n) is 24.3. The van der Waals surface area contributed by atoms with E-state index in [4.69, 9.17) is 20.4 Å². The van der Waals surface area contributed by atoms with Gasteiger partial charge in [0.1, 0.15) is 0 Å². The largest absolute Gasteiger partial charge is 0.478 e. The van der Waals surface area contributed by atoms with Gasteiger partial charge in [0.25, 0.3) is 0 Å². The molecule has 0 aromatic rings. The molecule has 0 aliphatic carbocycles. The van der Waals surface area contributed by atoms with Gasteiger partial charge in [0.2, 0.25) is 0 Å². The Morgan fingerprint density at radius 3 is 0.595 bits per heavy atom. The summed E-state index contributed by atoms with van der Waals surface area (Å²) < 4.78 is 0. The zero-order valence-corrected chi connectivity index (χ0v) is 24.3. The highest BCUT2D eigenvalue weighted by atomic mass is 16.4. The molecule has 0 aromatic heterocycles. The molecule has 37 heavy (non-hydrogen) atoms. The fourth-order valence-corrected chi connectivity index (χ4v) is 3.58. The normalized spacial score (nSPS) is 10.1. The summed E-state index contributed by atoms with van der Waals surface area (Å²) in [5, 5.41) is 33.2. The van der Waals surface area contributed by atoms with Gasteiger partial charge < -0.3 is 20.4 Å². The van der Waals surface area contributed by atoms with Crippen LogP contribution in [0.4, 0.5) is 0 Å². The Kier molecular flexibility index (Phi) is 37.0. The molecule has 4 N–H and O–H groups in total. The highest BCUT2D eigenvalue weighted by molar-refractivity contribution is 5.85. The Hall–Kier alpha value is -1.66. The lowest BCUT2D eigenvalue weighted by atomic mass is 10.0. The topological polar surface area (TPSA) is 115 Å². The average molecular weight is 529 g/mol. The maximum atomic E-state index is 9.60. The molecule has 0 unspecified atom stereocenters. The van der Waals surface area contributed by atoms with E-state index in [0.717, 1.165) is 12.8 Å². The number of carboxylic acids is 2. The van der Waals surface area contributed by atoms with Crippen LogP contribution in [0.15, 0.2) is 24.3 Å². The van der Waals surface area contributed by atoms with Crippen molar-refractivity contribution >= 4 is 11.9 Å². The Bertz CT molecular complexity index is 460. The maximum Gasteiger partial charge on any atom is 0.330 e. The Labute approximate surface area is 228 Å². The smallest absolute Gasteiger partial charge is 0.330 e. The van der Waals surface area contributed by atoms with Crippen LogP contribution in [0.2, 0.25) is 0 Å². The molecule has 0 spiro atoms. The van der Waals surface area contributed by atoms with Crippen molar-refractivity contribution in [1.29, 1.82) is 0 Å². The average Bonchev–Trinajstić information content (AvgIpc) is 2.85. The quantitative estimate of drug-likeness (QED) is 0.0737. The fraction of sp³-hybridized carbons (Fsp3) is 0.806. The number of carbonyl (C=O) groups is 2. The van der Waals surface area contributed by atoms with Crippen molar-refractivity contribution in [2.45, 2.75) is 149 Å². The van der Waals surface area contributed by atoms with Crippen molar-refractivity contribution in [3.05, 3.63) is 24.3 Å². The summed E-state index contributed by atoms with van der Waals surface area (Å²) >= 11 is 0. The van der Waals surface area contributed by atoms with Gasteiger partial charge in [0, 0.05) is 24.4 Å². The molecule has 0 radical (unpaired) electrons. The predicted octanol–water partition coefficient (Wildman–Crippen LogP) is 8.46. The van der Waals surface area contributed by atoms with Gasteiger partial charge in [-0.05, 0) is 26.7 Å². The van der Waals surface area contributed by atoms with E-state index in [1.807, 2.05) is 0 Å². The first-order chi connectivity index (χ1) is 17.7. The molecular formula is C31H60O6. The van der Waals surface area contributed by atoms with E-state index in [0.29, 0.717) is 13.2 Å². The van der Waals surface area contributed by atoms with E-state index >= 15 is 0 Å². The third-order valence-electron chi connectivity index (χ3n) is 6.05. The number of rotatable bonds is 24. The van der Waals surface area contributed by atoms with Crippen molar-refractivity contribution in [1.82, 2.24) is 0 Å². The molecule has 0 bridgehead atoms. The number of hydrogen-bond acceptors (Lipinski definition) is 4. The van der Waals surface area contributed by atoms with Gasteiger partial charge in [-0.3, -0.25) is 0 Å². The Morgan fingerprint density at radius 1 is 0.405 bits per heavy atom. The van der Waals surface area contributed by atoms with Crippen molar-refractivity contribution in [2.75, 3.05) is 13.2 Å². The lowest BCUT2D eigenvalue weighted by Crippen LogP contribution is -1.92.